The van der Waals surface area contributed by atoms with Crippen molar-refractivity contribution >= 4 is 5.78 Å². The molecule has 0 bridgehead atoms. The molecule has 0 rings (SSSR count). The second kappa shape index (κ2) is 21.1. The molecule has 0 aliphatic carbocycles. The zero-order chi connectivity index (χ0) is 17.8. The summed E-state index contributed by atoms with van der Waals surface area (Å²) in [5.74, 6) is -0.0381. The lowest BCUT2D eigenvalue weighted by molar-refractivity contribution is -0.111. The van der Waals surface area contributed by atoms with Crippen LogP contribution >= 0.6 is 0 Å². The van der Waals surface area contributed by atoms with Gasteiger partial charge in [0.05, 0.1) is 7.18 Å². The van der Waals surface area contributed by atoms with Gasteiger partial charge in [-0.05, 0) is 25.5 Å². The average Bonchev–Trinajstić information content (AvgIpc) is 2.59. The molecule has 0 atom stereocenters. The molecule has 0 aromatic rings. The highest BCUT2D eigenvalue weighted by atomic mass is 19.1. The van der Waals surface area contributed by atoms with E-state index in [0.29, 0.717) is 12.8 Å². The quantitative estimate of drug-likeness (QED) is 0.410. The van der Waals surface area contributed by atoms with Gasteiger partial charge in [-0.1, -0.05) is 81.7 Å². The number of alkyl halides is 1. The van der Waals surface area contributed by atoms with Crippen molar-refractivity contribution in [3.05, 3.63) is 85.1 Å². The van der Waals surface area contributed by atoms with Gasteiger partial charge in [0.1, 0.15) is 0 Å². The van der Waals surface area contributed by atoms with Crippen molar-refractivity contribution in [3.63, 3.8) is 0 Å². The van der Waals surface area contributed by atoms with Crippen LogP contribution in [0.4, 0.5) is 4.39 Å². The van der Waals surface area contributed by atoms with E-state index in [2.05, 4.69) is 13.2 Å². The minimum atomic E-state index is -0.0381. The van der Waals surface area contributed by atoms with Crippen molar-refractivity contribution in [2.24, 2.45) is 0 Å². The van der Waals surface area contributed by atoms with Crippen LogP contribution in [0.1, 0.15) is 27.7 Å². The Morgan fingerprint density at radius 1 is 0.955 bits per heavy atom. The number of carbonyl (C=O) groups excluding carboxylic acids is 1. The summed E-state index contributed by atoms with van der Waals surface area (Å²) >= 11 is 0. The van der Waals surface area contributed by atoms with Crippen molar-refractivity contribution in [1.29, 1.82) is 0 Å². The number of ketones is 1. The van der Waals surface area contributed by atoms with Gasteiger partial charge in [-0.15, -0.1) is 0 Å². The van der Waals surface area contributed by atoms with E-state index in [4.69, 9.17) is 0 Å². The van der Waals surface area contributed by atoms with Crippen LogP contribution in [0.5, 0.6) is 0 Å². The number of hydrogen-bond donors (Lipinski definition) is 0. The van der Waals surface area contributed by atoms with Crippen LogP contribution in [0.25, 0.3) is 0 Å². The molecule has 0 heterocycles. The van der Waals surface area contributed by atoms with E-state index in [0.717, 1.165) is 5.57 Å². The summed E-state index contributed by atoms with van der Waals surface area (Å²) in [6, 6.07) is 0. The van der Waals surface area contributed by atoms with Gasteiger partial charge in [-0.25, -0.2) is 0 Å². The first-order valence-electron chi connectivity index (χ1n) is 7.20. The predicted molar refractivity (Wildman–Crippen MR) is 98.7 cm³/mol. The van der Waals surface area contributed by atoms with E-state index >= 15 is 0 Å². The van der Waals surface area contributed by atoms with Gasteiger partial charge >= 0.3 is 0 Å². The zero-order valence-corrected chi connectivity index (χ0v) is 14.5. The van der Waals surface area contributed by atoms with E-state index in [1.54, 1.807) is 42.5 Å². The second-order valence-corrected chi connectivity index (χ2v) is 3.43. The monoisotopic (exact) mass is 304 g/mol. The summed E-state index contributed by atoms with van der Waals surface area (Å²) < 4.78 is 9.50. The molecular weight excluding hydrogens is 275 g/mol. The topological polar surface area (TPSA) is 17.1 Å². The molecule has 0 spiro atoms. The average molecular weight is 304 g/mol. The molecular formula is C20H29FO. The molecule has 0 unspecified atom stereocenters. The Balaban J connectivity index is -0.000000826. The summed E-state index contributed by atoms with van der Waals surface area (Å²) in [7, 11) is 0.500. The third kappa shape index (κ3) is 14.2. The molecule has 122 valence electrons. The molecule has 0 saturated carbocycles. The highest BCUT2D eigenvalue weighted by molar-refractivity contribution is 6.06. The molecule has 0 N–H and O–H groups in total. The van der Waals surface area contributed by atoms with Crippen LogP contribution in [-0.4, -0.2) is 13.0 Å². The fourth-order valence-electron chi connectivity index (χ4n) is 1.16. The van der Waals surface area contributed by atoms with Crippen molar-refractivity contribution < 1.29 is 9.18 Å². The first-order chi connectivity index (χ1) is 10.7. The van der Waals surface area contributed by atoms with Gasteiger partial charge in [-0.3, -0.25) is 9.18 Å². The van der Waals surface area contributed by atoms with Crippen LogP contribution in [-0.2, 0) is 4.79 Å². The number of carbonyl (C=O) groups is 1. The Morgan fingerprint density at radius 3 is 1.95 bits per heavy atom. The van der Waals surface area contributed by atoms with Gasteiger partial charge in [0.15, 0.2) is 5.78 Å². The van der Waals surface area contributed by atoms with Crippen LogP contribution < -0.4 is 0 Å². The summed E-state index contributed by atoms with van der Waals surface area (Å²) in [6.45, 7) is 15.0. The lowest BCUT2D eigenvalue weighted by atomic mass is 10.1. The maximum absolute atomic E-state index is 11.9. The van der Waals surface area contributed by atoms with Crippen molar-refractivity contribution in [3.8, 4) is 0 Å². The Kier molecular flexibility index (Phi) is 23.7. The largest absolute Gasteiger partial charge is 0.289 e. The Labute approximate surface area is 135 Å². The first kappa shape index (κ1) is 24.8. The van der Waals surface area contributed by atoms with Crippen molar-refractivity contribution in [2.75, 3.05) is 7.18 Å². The van der Waals surface area contributed by atoms with Crippen molar-refractivity contribution in [2.45, 2.75) is 27.7 Å². The van der Waals surface area contributed by atoms with E-state index in [1.165, 1.54) is 0 Å². The Hall–Kier alpha value is -2.22. The smallest absolute Gasteiger partial charge is 0.185 e. The third-order valence-corrected chi connectivity index (χ3v) is 2.15. The molecule has 1 nitrogen and oxygen atoms in total. The molecule has 0 fully saturated rings. The van der Waals surface area contributed by atoms with E-state index < -0.39 is 0 Å². The normalized spacial score (nSPS) is 11.7. The lowest BCUT2D eigenvalue weighted by Crippen LogP contribution is -1.95. The number of rotatable bonds is 7. The van der Waals surface area contributed by atoms with Crippen LogP contribution in [0, 0.1) is 0 Å². The van der Waals surface area contributed by atoms with Crippen LogP contribution in [0.2, 0.25) is 0 Å². The molecule has 0 aromatic heterocycles. The Morgan fingerprint density at radius 2 is 1.55 bits per heavy atom. The highest BCUT2D eigenvalue weighted by Crippen LogP contribution is 2.04. The van der Waals surface area contributed by atoms with E-state index in [-0.39, 0.29) is 5.78 Å². The maximum atomic E-state index is 11.9. The Bertz CT molecular complexity index is 446. The number of allylic oxidation sites excluding steroid dienone is 12. The molecule has 0 aliphatic heterocycles. The fourth-order valence-corrected chi connectivity index (χ4v) is 1.16. The molecule has 22 heavy (non-hydrogen) atoms. The minimum Gasteiger partial charge on any atom is -0.289 e. The van der Waals surface area contributed by atoms with Crippen LogP contribution in [0.3, 0.4) is 0 Å². The summed E-state index contributed by atoms with van der Waals surface area (Å²) in [5.41, 5.74) is 1.53. The summed E-state index contributed by atoms with van der Waals surface area (Å²) in [5, 5.41) is 0. The maximum Gasteiger partial charge on any atom is 0.185 e. The standard InChI is InChI=1S/C17H20O.C2H6.CH3F/c1-5-9-11-15(7-3)13-14-17(18)16(8-4)12-10-6-2;2*1-2/h5-14H,2-3H2,1,4H3;1-2H3;1H3/b9-5-,12-10-,14-13+,15-11+,16-8+;;. The van der Waals surface area contributed by atoms with Gasteiger partial charge in [0.25, 0.3) is 0 Å². The van der Waals surface area contributed by atoms with Gasteiger partial charge in [0, 0.05) is 5.57 Å². The lowest BCUT2D eigenvalue weighted by Gasteiger charge is -1.95. The molecule has 0 amide bonds. The number of hydrogen-bond acceptors (Lipinski definition) is 1. The second-order valence-electron chi connectivity index (χ2n) is 3.43. The van der Waals surface area contributed by atoms with Crippen LogP contribution in [0.15, 0.2) is 85.1 Å². The van der Waals surface area contributed by atoms with E-state index in [1.807, 2.05) is 45.9 Å². The van der Waals surface area contributed by atoms with E-state index in [9.17, 15) is 9.18 Å². The summed E-state index contributed by atoms with van der Waals surface area (Å²) in [4.78, 5) is 11.9. The molecule has 0 aromatic carbocycles. The molecule has 0 saturated heterocycles. The molecule has 0 radical (unpaired) electrons. The molecule has 0 aliphatic rings. The van der Waals surface area contributed by atoms with Gasteiger partial charge in [0.2, 0.25) is 0 Å². The van der Waals surface area contributed by atoms with Gasteiger partial charge in [-0.2, -0.15) is 0 Å². The SMILES string of the molecule is C=C/C=C\C(=C/C)C(=O)/C=C/C(C=C)=C/C=C\C.CC.CF. The third-order valence-electron chi connectivity index (χ3n) is 2.15. The summed E-state index contributed by atoms with van der Waals surface area (Å²) in [6.07, 6.45) is 17.6. The highest BCUT2D eigenvalue weighted by Gasteiger charge is 1.99. The predicted octanol–water partition coefficient (Wildman–Crippen LogP) is 6.10. The first-order valence-corrected chi connectivity index (χ1v) is 7.20. The zero-order valence-electron chi connectivity index (χ0n) is 14.5. The number of halogens is 1. The minimum absolute atomic E-state index is 0.0381. The molecule has 2 heteroatoms. The fraction of sp³-hybridized carbons (Fsp3) is 0.250. The van der Waals surface area contributed by atoms with Crippen molar-refractivity contribution in [1.82, 2.24) is 0 Å². The van der Waals surface area contributed by atoms with Gasteiger partial charge < -0.3 is 0 Å².